The summed E-state index contributed by atoms with van der Waals surface area (Å²) in [5, 5.41) is 0.201. The van der Waals surface area contributed by atoms with Crippen molar-refractivity contribution in [3.05, 3.63) is 12.2 Å². The van der Waals surface area contributed by atoms with Crippen LogP contribution in [0, 0.1) is 5.92 Å². The van der Waals surface area contributed by atoms with E-state index in [1.807, 2.05) is 0 Å². The van der Waals surface area contributed by atoms with Crippen molar-refractivity contribution < 1.29 is 9.31 Å². The Hall–Kier alpha value is -0.275. The molecule has 1 fully saturated rings. The number of hydrogen-bond acceptors (Lipinski definition) is 2. The number of rotatable bonds is 9. The largest absolute Gasteiger partial charge is 0.467 e. The molecule has 2 unspecified atom stereocenters. The summed E-state index contributed by atoms with van der Waals surface area (Å²) in [6.07, 6.45) is 13.2. The molecule has 0 N–H and O–H groups in total. The van der Waals surface area contributed by atoms with Crippen LogP contribution in [0.3, 0.4) is 0 Å². The van der Waals surface area contributed by atoms with E-state index >= 15 is 0 Å². The smallest absolute Gasteiger partial charge is 0.411 e. The van der Waals surface area contributed by atoms with Gasteiger partial charge in [-0.2, -0.15) is 0 Å². The average molecular weight is 250 g/mol. The van der Waals surface area contributed by atoms with Crippen LogP contribution in [0.2, 0.25) is 5.31 Å². The molecule has 0 spiro atoms. The Balaban J connectivity index is 1.88. The predicted octanol–water partition coefficient (Wildman–Crippen LogP) is 4.22. The van der Waals surface area contributed by atoms with Gasteiger partial charge in [-0.1, -0.05) is 38.8 Å². The van der Waals surface area contributed by atoms with Crippen LogP contribution in [0.4, 0.5) is 0 Å². The first-order valence-electron chi connectivity index (χ1n) is 7.73. The maximum absolute atomic E-state index is 6.06. The van der Waals surface area contributed by atoms with Gasteiger partial charge in [-0.3, -0.25) is 0 Å². The molecule has 2 aliphatic rings. The Bertz CT molecular complexity index is 270. The Kier molecular flexibility index (Phi) is 5.31. The van der Waals surface area contributed by atoms with Crippen LogP contribution in [0.1, 0.15) is 58.8 Å². The molecule has 0 aromatic heterocycles. The maximum atomic E-state index is 6.06. The second-order valence-corrected chi connectivity index (χ2v) is 5.88. The normalized spacial score (nSPS) is 29.1. The zero-order valence-electron chi connectivity index (χ0n) is 12.0. The number of unbranched alkanes of at least 4 members (excludes halogenated alkanes) is 2. The Morgan fingerprint density at radius 3 is 2.22 bits per heavy atom. The molecule has 0 aromatic rings. The van der Waals surface area contributed by atoms with E-state index in [0.717, 1.165) is 32.0 Å². The van der Waals surface area contributed by atoms with Gasteiger partial charge >= 0.3 is 7.12 Å². The first-order valence-corrected chi connectivity index (χ1v) is 7.73. The quantitative estimate of drug-likeness (QED) is 0.346. The third-order valence-corrected chi connectivity index (χ3v) is 4.33. The fourth-order valence-electron chi connectivity index (χ4n) is 3.13. The molecule has 0 saturated heterocycles. The molecule has 0 amide bonds. The van der Waals surface area contributed by atoms with E-state index in [0.29, 0.717) is 0 Å². The third-order valence-electron chi connectivity index (χ3n) is 4.33. The van der Waals surface area contributed by atoms with Crippen LogP contribution in [0.25, 0.3) is 0 Å². The van der Waals surface area contributed by atoms with Gasteiger partial charge in [-0.25, -0.2) is 0 Å². The Labute approximate surface area is 112 Å². The van der Waals surface area contributed by atoms with Gasteiger partial charge in [0.05, 0.1) is 0 Å². The molecule has 2 bridgehead atoms. The van der Waals surface area contributed by atoms with E-state index < -0.39 is 0 Å². The van der Waals surface area contributed by atoms with Gasteiger partial charge in [0.15, 0.2) is 0 Å². The number of allylic oxidation sites excluding steroid dienone is 2. The fraction of sp³-hybridized carbons (Fsp3) is 0.867. The molecule has 2 rings (SSSR count). The molecule has 2 aliphatic carbocycles. The summed E-state index contributed by atoms with van der Waals surface area (Å²) in [7, 11) is -0.000602. The lowest BCUT2D eigenvalue weighted by Crippen LogP contribution is -2.36. The van der Waals surface area contributed by atoms with E-state index in [-0.39, 0.29) is 12.4 Å². The van der Waals surface area contributed by atoms with Crippen molar-refractivity contribution in [3.63, 3.8) is 0 Å². The summed E-state index contributed by atoms with van der Waals surface area (Å²) < 4.78 is 12.1. The van der Waals surface area contributed by atoms with Gasteiger partial charge in [-0.15, -0.1) is 0 Å². The van der Waals surface area contributed by atoms with E-state index in [9.17, 15) is 0 Å². The molecule has 102 valence electrons. The first-order chi connectivity index (χ1) is 8.80. The molecular formula is C15H27BO2. The molecule has 0 aliphatic heterocycles. The van der Waals surface area contributed by atoms with Crippen molar-refractivity contribution in [2.45, 2.75) is 64.1 Å². The topological polar surface area (TPSA) is 18.5 Å². The van der Waals surface area contributed by atoms with Gasteiger partial charge in [-0.05, 0) is 38.0 Å². The van der Waals surface area contributed by atoms with Crippen LogP contribution in [0.5, 0.6) is 0 Å². The minimum Gasteiger partial charge on any atom is -0.411 e. The Morgan fingerprint density at radius 1 is 1.17 bits per heavy atom. The van der Waals surface area contributed by atoms with E-state index in [2.05, 4.69) is 26.0 Å². The highest BCUT2D eigenvalue weighted by Gasteiger charge is 2.51. The van der Waals surface area contributed by atoms with Gasteiger partial charge < -0.3 is 9.31 Å². The lowest BCUT2D eigenvalue weighted by Gasteiger charge is -2.29. The van der Waals surface area contributed by atoms with Crippen molar-refractivity contribution in [1.82, 2.24) is 0 Å². The summed E-state index contributed by atoms with van der Waals surface area (Å²) in [6, 6.07) is 0. The SMILES string of the molecule is CCCCOB(OCCCC)C12C=CC(CC1)C2. The van der Waals surface area contributed by atoms with Gasteiger partial charge in [0.25, 0.3) is 0 Å². The summed E-state index contributed by atoms with van der Waals surface area (Å²) in [6.45, 7) is 6.09. The highest BCUT2D eigenvalue weighted by atomic mass is 16.6. The molecule has 18 heavy (non-hydrogen) atoms. The van der Waals surface area contributed by atoms with Gasteiger partial charge in [0.1, 0.15) is 0 Å². The number of fused-ring (bicyclic) bond motifs is 2. The standard InChI is InChI=1S/C15H27BO2/c1-3-5-11-17-16(18-12-6-4-2)15-9-7-14(13-15)8-10-15/h7,9,14H,3-6,8,10-13H2,1-2H3. The van der Waals surface area contributed by atoms with Gasteiger partial charge in [0.2, 0.25) is 0 Å². The van der Waals surface area contributed by atoms with Crippen molar-refractivity contribution in [3.8, 4) is 0 Å². The summed E-state index contributed by atoms with van der Waals surface area (Å²) >= 11 is 0. The third kappa shape index (κ3) is 3.18. The molecule has 0 radical (unpaired) electrons. The number of hydrogen-bond donors (Lipinski definition) is 0. The average Bonchev–Trinajstić information content (AvgIpc) is 2.99. The molecule has 0 heterocycles. The summed E-state index contributed by atoms with van der Waals surface area (Å²) in [5.74, 6) is 0.789. The maximum Gasteiger partial charge on any atom is 0.467 e. The first kappa shape index (κ1) is 14.1. The monoisotopic (exact) mass is 250 g/mol. The van der Waals surface area contributed by atoms with Crippen molar-refractivity contribution in [2.75, 3.05) is 13.2 Å². The fourth-order valence-corrected chi connectivity index (χ4v) is 3.13. The van der Waals surface area contributed by atoms with E-state index in [1.54, 1.807) is 0 Å². The second-order valence-electron chi connectivity index (χ2n) is 5.88. The molecule has 2 atom stereocenters. The molecule has 3 heteroatoms. The lowest BCUT2D eigenvalue weighted by molar-refractivity contribution is 0.173. The minimum atomic E-state index is -0.000602. The van der Waals surface area contributed by atoms with Crippen molar-refractivity contribution in [1.29, 1.82) is 0 Å². The molecule has 0 aromatic carbocycles. The summed E-state index contributed by atoms with van der Waals surface area (Å²) in [5.41, 5.74) is 0. The zero-order chi connectivity index (χ0) is 12.8. The second kappa shape index (κ2) is 6.77. The van der Waals surface area contributed by atoms with E-state index in [4.69, 9.17) is 9.31 Å². The summed E-state index contributed by atoms with van der Waals surface area (Å²) in [4.78, 5) is 0. The van der Waals surface area contributed by atoms with Crippen LogP contribution in [-0.2, 0) is 9.31 Å². The van der Waals surface area contributed by atoms with Crippen LogP contribution in [-0.4, -0.2) is 20.3 Å². The molecular weight excluding hydrogens is 223 g/mol. The molecule has 1 saturated carbocycles. The van der Waals surface area contributed by atoms with Crippen LogP contribution in [0.15, 0.2) is 12.2 Å². The zero-order valence-corrected chi connectivity index (χ0v) is 12.0. The highest BCUT2D eigenvalue weighted by Crippen LogP contribution is 2.57. The predicted molar refractivity (Wildman–Crippen MR) is 76.6 cm³/mol. The van der Waals surface area contributed by atoms with Gasteiger partial charge in [0, 0.05) is 18.5 Å². The van der Waals surface area contributed by atoms with Crippen LogP contribution >= 0.6 is 0 Å². The van der Waals surface area contributed by atoms with Crippen molar-refractivity contribution >= 4 is 7.12 Å². The molecule has 2 nitrogen and oxygen atoms in total. The van der Waals surface area contributed by atoms with E-state index in [1.165, 1.54) is 32.1 Å². The minimum absolute atomic E-state index is 0.000602. The Morgan fingerprint density at radius 2 is 1.83 bits per heavy atom. The highest BCUT2D eigenvalue weighted by molar-refractivity contribution is 6.49. The lowest BCUT2D eigenvalue weighted by atomic mass is 9.56. The van der Waals surface area contributed by atoms with Crippen LogP contribution < -0.4 is 0 Å². The van der Waals surface area contributed by atoms with Crippen molar-refractivity contribution in [2.24, 2.45) is 5.92 Å².